The van der Waals surface area contributed by atoms with Crippen LogP contribution < -0.4 is 10.1 Å². The first-order valence-electron chi connectivity index (χ1n) is 8.53. The molecule has 0 bridgehead atoms. The molecule has 26 heavy (non-hydrogen) atoms. The van der Waals surface area contributed by atoms with Crippen molar-refractivity contribution in [2.75, 3.05) is 0 Å². The molecule has 2 aromatic rings. The zero-order valence-corrected chi connectivity index (χ0v) is 14.9. The molecule has 1 amide bonds. The van der Waals surface area contributed by atoms with E-state index in [2.05, 4.69) is 5.32 Å². The van der Waals surface area contributed by atoms with Gasteiger partial charge in [0.15, 0.2) is 0 Å². The van der Waals surface area contributed by atoms with Gasteiger partial charge in [0.05, 0.1) is 5.92 Å². The van der Waals surface area contributed by atoms with Crippen molar-refractivity contribution in [2.45, 2.75) is 31.4 Å². The molecule has 0 spiro atoms. The number of carboxylic acids is 1. The van der Waals surface area contributed by atoms with Crippen LogP contribution in [0.4, 0.5) is 0 Å². The maximum Gasteiger partial charge on any atom is 0.306 e. The summed E-state index contributed by atoms with van der Waals surface area (Å²) in [6, 6.07) is 15.9. The number of hydrogen-bond donors (Lipinski definition) is 2. The molecule has 6 heteroatoms. The van der Waals surface area contributed by atoms with Crippen LogP contribution in [0.15, 0.2) is 54.6 Å². The number of carboxylic acid groups (broad SMARTS) is 1. The minimum atomic E-state index is -0.818. The molecule has 0 aromatic heterocycles. The zero-order valence-electron chi connectivity index (χ0n) is 14.1. The highest BCUT2D eigenvalue weighted by Gasteiger charge is 2.33. The van der Waals surface area contributed by atoms with Gasteiger partial charge >= 0.3 is 5.97 Å². The SMILES string of the molecule is O=C(N[C@@H]1CC[C@H](C(=O)O)C1)C(Oc1ccc(Cl)cc1)c1ccccc1. The molecule has 3 atom stereocenters. The number of amides is 1. The van der Waals surface area contributed by atoms with E-state index >= 15 is 0 Å². The average Bonchev–Trinajstić information content (AvgIpc) is 3.10. The van der Waals surface area contributed by atoms with Crippen molar-refractivity contribution in [2.24, 2.45) is 5.92 Å². The Morgan fingerprint density at radius 2 is 1.77 bits per heavy atom. The molecule has 2 aromatic carbocycles. The van der Waals surface area contributed by atoms with Gasteiger partial charge in [0.25, 0.3) is 5.91 Å². The fourth-order valence-corrected chi connectivity index (χ4v) is 3.29. The summed E-state index contributed by atoms with van der Waals surface area (Å²) < 4.78 is 5.91. The van der Waals surface area contributed by atoms with Crippen molar-refractivity contribution >= 4 is 23.5 Å². The molecular formula is C20H20ClNO4. The molecule has 1 aliphatic rings. The van der Waals surface area contributed by atoms with Crippen molar-refractivity contribution in [3.63, 3.8) is 0 Å². The molecule has 2 N–H and O–H groups in total. The lowest BCUT2D eigenvalue weighted by Crippen LogP contribution is -2.38. The average molecular weight is 374 g/mol. The van der Waals surface area contributed by atoms with Gasteiger partial charge in [-0.15, -0.1) is 0 Å². The third-order valence-corrected chi connectivity index (χ3v) is 4.79. The van der Waals surface area contributed by atoms with Crippen molar-refractivity contribution in [1.82, 2.24) is 5.32 Å². The van der Waals surface area contributed by atoms with E-state index in [1.807, 2.05) is 30.3 Å². The Bertz CT molecular complexity index is 763. The van der Waals surface area contributed by atoms with Gasteiger partial charge in [0.2, 0.25) is 6.10 Å². The summed E-state index contributed by atoms with van der Waals surface area (Å²) in [4.78, 5) is 23.9. The Morgan fingerprint density at radius 3 is 2.38 bits per heavy atom. The van der Waals surface area contributed by atoms with Crippen LogP contribution in [0.1, 0.15) is 30.9 Å². The summed E-state index contributed by atoms with van der Waals surface area (Å²) in [5.74, 6) is -0.943. The number of ether oxygens (including phenoxy) is 1. The van der Waals surface area contributed by atoms with Crippen LogP contribution >= 0.6 is 11.6 Å². The van der Waals surface area contributed by atoms with Gasteiger partial charge in [-0.25, -0.2) is 0 Å². The second-order valence-electron chi connectivity index (χ2n) is 6.42. The minimum absolute atomic E-state index is 0.149. The van der Waals surface area contributed by atoms with Crippen LogP contribution in [0.3, 0.4) is 0 Å². The molecule has 0 saturated heterocycles. The number of carbonyl (C=O) groups excluding carboxylic acids is 1. The third-order valence-electron chi connectivity index (χ3n) is 4.54. The molecular weight excluding hydrogens is 354 g/mol. The van der Waals surface area contributed by atoms with Crippen LogP contribution in [0, 0.1) is 5.92 Å². The van der Waals surface area contributed by atoms with Crippen molar-refractivity contribution in [3.05, 3.63) is 65.2 Å². The first-order chi connectivity index (χ1) is 12.5. The summed E-state index contributed by atoms with van der Waals surface area (Å²) in [7, 11) is 0. The number of carbonyl (C=O) groups is 2. The molecule has 1 aliphatic carbocycles. The number of halogens is 1. The van der Waals surface area contributed by atoms with E-state index in [9.17, 15) is 9.59 Å². The molecule has 5 nitrogen and oxygen atoms in total. The highest BCUT2D eigenvalue weighted by atomic mass is 35.5. The fourth-order valence-electron chi connectivity index (χ4n) is 3.16. The molecule has 0 radical (unpaired) electrons. The van der Waals surface area contributed by atoms with E-state index in [1.165, 1.54) is 0 Å². The van der Waals surface area contributed by atoms with Crippen molar-refractivity contribution < 1.29 is 19.4 Å². The zero-order chi connectivity index (χ0) is 18.5. The van der Waals surface area contributed by atoms with Gasteiger partial charge in [0, 0.05) is 16.6 Å². The van der Waals surface area contributed by atoms with E-state index < -0.39 is 18.0 Å². The number of hydrogen-bond acceptors (Lipinski definition) is 3. The summed E-state index contributed by atoms with van der Waals surface area (Å²) >= 11 is 5.90. The maximum absolute atomic E-state index is 12.8. The summed E-state index contributed by atoms with van der Waals surface area (Å²) in [6.45, 7) is 0. The molecule has 0 aliphatic heterocycles. The van der Waals surface area contributed by atoms with E-state index in [1.54, 1.807) is 24.3 Å². The van der Waals surface area contributed by atoms with E-state index in [0.717, 1.165) is 5.56 Å². The van der Waals surface area contributed by atoms with Crippen LogP contribution in [0.5, 0.6) is 5.75 Å². The van der Waals surface area contributed by atoms with Crippen LogP contribution in [-0.4, -0.2) is 23.0 Å². The van der Waals surface area contributed by atoms with E-state index in [-0.39, 0.29) is 11.9 Å². The number of rotatable bonds is 6. The normalized spacial score (nSPS) is 20.3. The second kappa shape index (κ2) is 8.23. The van der Waals surface area contributed by atoms with E-state index in [4.69, 9.17) is 21.4 Å². The Morgan fingerprint density at radius 1 is 1.08 bits per heavy atom. The smallest absolute Gasteiger partial charge is 0.306 e. The summed E-state index contributed by atoms with van der Waals surface area (Å²) in [5.41, 5.74) is 0.729. The van der Waals surface area contributed by atoms with Gasteiger partial charge < -0.3 is 15.2 Å². The number of aliphatic carboxylic acids is 1. The fraction of sp³-hybridized carbons (Fsp3) is 0.300. The minimum Gasteiger partial charge on any atom is -0.481 e. The van der Waals surface area contributed by atoms with Crippen LogP contribution in [0.2, 0.25) is 5.02 Å². The highest BCUT2D eigenvalue weighted by molar-refractivity contribution is 6.30. The van der Waals surface area contributed by atoms with Gasteiger partial charge in [-0.05, 0) is 43.5 Å². The standard InChI is InChI=1S/C20H20ClNO4/c21-15-7-10-17(11-8-15)26-18(13-4-2-1-3-5-13)19(23)22-16-9-6-14(12-16)20(24)25/h1-5,7-8,10-11,14,16,18H,6,9,12H2,(H,22,23)(H,24,25)/t14-,16+,18?/m0/s1. The lowest BCUT2D eigenvalue weighted by Gasteiger charge is -2.21. The molecule has 1 unspecified atom stereocenters. The number of nitrogens with one attached hydrogen (secondary N) is 1. The van der Waals surface area contributed by atoms with Gasteiger partial charge in [-0.2, -0.15) is 0 Å². The first-order valence-corrected chi connectivity index (χ1v) is 8.91. The molecule has 1 fully saturated rings. The molecule has 1 saturated carbocycles. The predicted molar refractivity (Wildman–Crippen MR) is 98.2 cm³/mol. The Kier molecular flexibility index (Phi) is 5.78. The third kappa shape index (κ3) is 4.55. The largest absolute Gasteiger partial charge is 0.481 e. The molecule has 3 rings (SSSR count). The monoisotopic (exact) mass is 373 g/mol. The first kappa shape index (κ1) is 18.3. The predicted octanol–water partition coefficient (Wildman–Crippen LogP) is 3.83. The maximum atomic E-state index is 12.8. The summed E-state index contributed by atoms with van der Waals surface area (Å²) in [5, 5.41) is 12.6. The van der Waals surface area contributed by atoms with Gasteiger partial charge in [0.1, 0.15) is 5.75 Å². The van der Waals surface area contributed by atoms with Gasteiger partial charge in [-0.3, -0.25) is 9.59 Å². The quantitative estimate of drug-likeness (QED) is 0.806. The summed E-state index contributed by atoms with van der Waals surface area (Å²) in [6.07, 6.45) is 0.865. The Hall–Kier alpha value is -2.53. The Labute approximate surface area is 156 Å². The Balaban J connectivity index is 1.74. The lowest BCUT2D eigenvalue weighted by atomic mass is 10.1. The van der Waals surface area contributed by atoms with Crippen LogP contribution in [0.25, 0.3) is 0 Å². The number of benzene rings is 2. The van der Waals surface area contributed by atoms with Gasteiger partial charge in [-0.1, -0.05) is 41.9 Å². The second-order valence-corrected chi connectivity index (χ2v) is 6.85. The topological polar surface area (TPSA) is 75.6 Å². The molecule has 136 valence electrons. The van der Waals surface area contributed by atoms with Crippen molar-refractivity contribution in [1.29, 1.82) is 0 Å². The lowest BCUT2D eigenvalue weighted by molar-refractivity contribution is -0.141. The molecule has 0 heterocycles. The van der Waals surface area contributed by atoms with Crippen LogP contribution in [-0.2, 0) is 9.59 Å². The van der Waals surface area contributed by atoms with Crippen molar-refractivity contribution in [3.8, 4) is 5.75 Å². The highest BCUT2D eigenvalue weighted by Crippen LogP contribution is 2.28. The van der Waals surface area contributed by atoms with E-state index in [0.29, 0.717) is 30.0 Å².